The Morgan fingerprint density at radius 3 is 2.10 bits per heavy atom. The number of hydrogen-bond acceptors (Lipinski definition) is 2. The van der Waals surface area contributed by atoms with E-state index in [2.05, 4.69) is 39.8 Å². The fourth-order valence-corrected chi connectivity index (χ4v) is 5.15. The van der Waals surface area contributed by atoms with Crippen LogP contribution in [0, 0.1) is 5.92 Å². The summed E-state index contributed by atoms with van der Waals surface area (Å²) >= 11 is 0. The third kappa shape index (κ3) is 6.68. The second kappa shape index (κ2) is 11.1. The van der Waals surface area contributed by atoms with Crippen molar-refractivity contribution in [3.8, 4) is 0 Å². The molecule has 0 spiro atoms. The highest BCUT2D eigenvalue weighted by Gasteiger charge is 2.32. The van der Waals surface area contributed by atoms with Gasteiger partial charge >= 0.3 is 0 Å². The molecule has 0 heterocycles. The molecule has 0 unspecified atom stereocenters. The number of rotatable bonds is 10. The van der Waals surface area contributed by atoms with Gasteiger partial charge in [0, 0.05) is 5.92 Å². The van der Waals surface area contributed by atoms with Gasteiger partial charge in [-0.1, -0.05) is 64.2 Å². The predicted molar refractivity (Wildman–Crippen MR) is 91.4 cm³/mol. The van der Waals surface area contributed by atoms with Crippen LogP contribution in [0.5, 0.6) is 0 Å². The molecule has 0 fully saturated rings. The summed E-state index contributed by atoms with van der Waals surface area (Å²) in [6.07, 6.45) is 12.2. The van der Waals surface area contributed by atoms with Gasteiger partial charge in [0.2, 0.25) is 0 Å². The van der Waals surface area contributed by atoms with Crippen LogP contribution in [-0.4, -0.2) is 26.1 Å². The summed E-state index contributed by atoms with van der Waals surface area (Å²) in [5, 5.41) is 8.93. The second-order valence-electron chi connectivity index (χ2n) is 5.21. The average molecular weight is 297 g/mol. The summed E-state index contributed by atoms with van der Waals surface area (Å²) in [6, 6.07) is 3.47. The summed E-state index contributed by atoms with van der Waals surface area (Å²) < 4.78 is 6.58. The smallest absolute Gasteiger partial charge is 0.192 e. The summed E-state index contributed by atoms with van der Waals surface area (Å²) in [5.74, 6) is 0.278. The SMILES string of the molecule is C/C=C/C=C/[C@@H](O[Si](CC)(CC)CC)[C@@H](C)/C=C/CO. The van der Waals surface area contributed by atoms with Crippen molar-refractivity contribution < 1.29 is 9.53 Å². The van der Waals surface area contributed by atoms with Crippen LogP contribution in [0.1, 0.15) is 34.6 Å². The zero-order valence-corrected chi connectivity index (χ0v) is 14.8. The van der Waals surface area contributed by atoms with Crippen LogP contribution in [0.3, 0.4) is 0 Å². The Morgan fingerprint density at radius 2 is 1.65 bits per heavy atom. The minimum atomic E-state index is -1.61. The normalized spacial score (nSPS) is 16.5. The van der Waals surface area contributed by atoms with Crippen LogP contribution in [-0.2, 0) is 4.43 Å². The van der Waals surface area contributed by atoms with Crippen molar-refractivity contribution in [2.75, 3.05) is 6.61 Å². The lowest BCUT2D eigenvalue weighted by molar-refractivity contribution is 0.195. The Morgan fingerprint density at radius 1 is 1.05 bits per heavy atom. The van der Waals surface area contributed by atoms with Crippen molar-refractivity contribution in [3.05, 3.63) is 36.5 Å². The van der Waals surface area contributed by atoms with E-state index in [0.717, 1.165) is 18.1 Å². The molecule has 0 saturated heterocycles. The molecule has 0 aromatic carbocycles. The highest BCUT2D eigenvalue weighted by atomic mass is 28.4. The minimum Gasteiger partial charge on any atom is -0.410 e. The van der Waals surface area contributed by atoms with Gasteiger partial charge in [-0.3, -0.25) is 0 Å². The molecule has 0 aromatic rings. The van der Waals surface area contributed by atoms with E-state index in [9.17, 15) is 0 Å². The van der Waals surface area contributed by atoms with Crippen molar-refractivity contribution >= 4 is 8.32 Å². The van der Waals surface area contributed by atoms with Crippen LogP contribution < -0.4 is 0 Å². The highest BCUT2D eigenvalue weighted by Crippen LogP contribution is 2.26. The predicted octanol–water partition coefficient (Wildman–Crippen LogP) is 4.69. The van der Waals surface area contributed by atoms with Crippen LogP contribution >= 0.6 is 0 Å². The average Bonchev–Trinajstić information content (AvgIpc) is 2.49. The lowest BCUT2D eigenvalue weighted by atomic mass is 10.0. The van der Waals surface area contributed by atoms with E-state index in [1.807, 2.05) is 25.2 Å². The maximum atomic E-state index is 8.93. The summed E-state index contributed by atoms with van der Waals surface area (Å²) in [5.41, 5.74) is 0. The Kier molecular flexibility index (Phi) is 10.7. The molecule has 116 valence electrons. The summed E-state index contributed by atoms with van der Waals surface area (Å²) in [6.45, 7) is 11.0. The van der Waals surface area contributed by atoms with Crippen molar-refractivity contribution in [3.63, 3.8) is 0 Å². The first-order valence-corrected chi connectivity index (χ1v) is 10.4. The maximum absolute atomic E-state index is 8.93. The van der Waals surface area contributed by atoms with Crippen molar-refractivity contribution in [1.29, 1.82) is 0 Å². The van der Waals surface area contributed by atoms with E-state index in [1.165, 1.54) is 0 Å². The van der Waals surface area contributed by atoms with Gasteiger partial charge in [-0.2, -0.15) is 0 Å². The van der Waals surface area contributed by atoms with Crippen molar-refractivity contribution in [2.45, 2.75) is 58.9 Å². The van der Waals surface area contributed by atoms with Crippen molar-refractivity contribution in [2.24, 2.45) is 5.92 Å². The molecule has 0 bridgehead atoms. The molecule has 20 heavy (non-hydrogen) atoms. The van der Waals surface area contributed by atoms with Crippen LogP contribution in [0.4, 0.5) is 0 Å². The third-order valence-corrected chi connectivity index (χ3v) is 8.62. The van der Waals surface area contributed by atoms with Gasteiger partial charge in [0.15, 0.2) is 8.32 Å². The van der Waals surface area contributed by atoms with Gasteiger partial charge in [-0.25, -0.2) is 0 Å². The Bertz CT molecular complexity index is 309. The summed E-state index contributed by atoms with van der Waals surface area (Å²) in [7, 11) is -1.61. The molecule has 2 nitrogen and oxygen atoms in total. The molecule has 0 aliphatic carbocycles. The molecule has 3 heteroatoms. The monoisotopic (exact) mass is 296 g/mol. The van der Waals surface area contributed by atoms with Crippen LogP contribution in [0.25, 0.3) is 0 Å². The first kappa shape index (κ1) is 19.4. The minimum absolute atomic E-state index is 0.0908. The van der Waals surface area contributed by atoms with E-state index in [4.69, 9.17) is 9.53 Å². The first-order chi connectivity index (χ1) is 9.59. The Hall–Kier alpha value is -0.643. The second-order valence-corrected chi connectivity index (χ2v) is 9.93. The molecule has 0 rings (SSSR count). The molecule has 0 aliphatic rings. The Labute approximate surface area is 126 Å². The summed E-state index contributed by atoms with van der Waals surface area (Å²) in [4.78, 5) is 0. The fraction of sp³-hybridized carbons (Fsp3) is 0.647. The lowest BCUT2D eigenvalue weighted by Gasteiger charge is -2.34. The maximum Gasteiger partial charge on any atom is 0.192 e. The number of aliphatic hydroxyl groups is 1. The number of aliphatic hydroxyl groups excluding tert-OH is 1. The van der Waals surface area contributed by atoms with E-state index in [0.29, 0.717) is 0 Å². The number of hydrogen-bond donors (Lipinski definition) is 1. The quantitative estimate of drug-likeness (QED) is 0.360. The van der Waals surface area contributed by atoms with E-state index < -0.39 is 8.32 Å². The van der Waals surface area contributed by atoms with Crippen LogP contribution in [0.15, 0.2) is 36.5 Å². The molecule has 0 amide bonds. The zero-order valence-electron chi connectivity index (χ0n) is 13.8. The zero-order chi connectivity index (χ0) is 15.4. The van der Waals surface area contributed by atoms with Gasteiger partial charge in [-0.15, -0.1) is 0 Å². The Balaban J connectivity index is 5.05. The van der Waals surface area contributed by atoms with E-state index in [-0.39, 0.29) is 18.6 Å². The molecule has 0 saturated carbocycles. The van der Waals surface area contributed by atoms with Crippen molar-refractivity contribution in [1.82, 2.24) is 0 Å². The number of allylic oxidation sites excluding steroid dienone is 3. The third-order valence-electron chi connectivity index (χ3n) is 3.99. The molecule has 0 aromatic heterocycles. The topological polar surface area (TPSA) is 29.5 Å². The molecule has 2 atom stereocenters. The van der Waals surface area contributed by atoms with Gasteiger partial charge in [-0.05, 0) is 25.1 Å². The van der Waals surface area contributed by atoms with Gasteiger partial charge in [0.1, 0.15) is 0 Å². The molecular formula is C17H32O2Si. The van der Waals surface area contributed by atoms with E-state index in [1.54, 1.807) is 6.08 Å². The largest absolute Gasteiger partial charge is 0.410 e. The molecule has 0 radical (unpaired) electrons. The highest BCUT2D eigenvalue weighted by molar-refractivity contribution is 6.73. The van der Waals surface area contributed by atoms with Gasteiger partial charge < -0.3 is 9.53 Å². The molecule has 1 N–H and O–H groups in total. The van der Waals surface area contributed by atoms with E-state index >= 15 is 0 Å². The van der Waals surface area contributed by atoms with Gasteiger partial charge in [0.25, 0.3) is 0 Å². The molecular weight excluding hydrogens is 264 g/mol. The fourth-order valence-electron chi connectivity index (χ4n) is 2.28. The first-order valence-electron chi connectivity index (χ1n) is 7.83. The standard InChI is InChI=1S/C17H32O2Si/c1-6-10-11-14-17(16(5)13-12-15-18)19-20(7-2,8-3)9-4/h6,10-14,16-18H,7-9,15H2,1-5H3/b10-6+,13-12+,14-11+/t16-,17+/m0/s1. The molecule has 0 aliphatic heterocycles. The van der Waals surface area contributed by atoms with Crippen LogP contribution in [0.2, 0.25) is 18.1 Å². The lowest BCUT2D eigenvalue weighted by Crippen LogP contribution is -2.41. The van der Waals surface area contributed by atoms with Gasteiger partial charge in [0.05, 0.1) is 12.7 Å².